The predicted octanol–water partition coefficient (Wildman–Crippen LogP) is 7.29. The topological polar surface area (TPSA) is 79.2 Å². The van der Waals surface area contributed by atoms with Gasteiger partial charge in [0.05, 0.1) is 25.2 Å². The second kappa shape index (κ2) is 29.3. The number of methoxy groups -OCH3 is 1. The highest BCUT2D eigenvalue weighted by molar-refractivity contribution is 5.72. The largest absolute Gasteiger partial charge is 0.465 e. The first kappa shape index (κ1) is 37.3. The molecule has 0 aliphatic rings. The Morgan fingerprint density at radius 3 is 1.71 bits per heavy atom. The van der Waals surface area contributed by atoms with Crippen LogP contribution >= 0.6 is 0 Å². The Balaban J connectivity index is 4.17. The van der Waals surface area contributed by atoms with Gasteiger partial charge in [0.25, 0.3) is 0 Å². The summed E-state index contributed by atoms with van der Waals surface area (Å²) in [5.74, 6) is 0.115. The molecule has 0 aliphatic carbocycles. The molecule has 228 valence electrons. The van der Waals surface area contributed by atoms with Crippen LogP contribution in [0, 0.1) is 5.92 Å². The minimum atomic E-state index is -0.672. The molecule has 0 aliphatic heterocycles. The number of rotatable bonds is 30. The number of nitrogens with zero attached hydrogens (tertiary/aromatic N) is 1. The van der Waals surface area contributed by atoms with E-state index in [0.29, 0.717) is 13.2 Å². The van der Waals surface area contributed by atoms with Crippen molar-refractivity contribution in [1.82, 2.24) is 4.90 Å². The Morgan fingerprint density at radius 1 is 0.684 bits per heavy atom. The lowest BCUT2D eigenvalue weighted by Crippen LogP contribution is -2.35. The number of aliphatic hydroxyl groups is 2. The number of ether oxygens (including phenoxy) is 2. The summed E-state index contributed by atoms with van der Waals surface area (Å²) in [6.45, 7) is 8.07. The third-order valence-corrected chi connectivity index (χ3v) is 7.51. The molecule has 2 atom stereocenters. The van der Waals surface area contributed by atoms with E-state index in [1.54, 1.807) is 7.11 Å². The number of aliphatic hydroxyl groups excluding tert-OH is 2. The average Bonchev–Trinajstić information content (AvgIpc) is 2.92. The molecule has 0 saturated carbocycles. The average molecular weight is 544 g/mol. The summed E-state index contributed by atoms with van der Waals surface area (Å²) in [5.41, 5.74) is 0. The summed E-state index contributed by atoms with van der Waals surface area (Å²) in [7, 11) is 1.74. The van der Waals surface area contributed by atoms with Crippen LogP contribution in [-0.2, 0) is 14.3 Å². The van der Waals surface area contributed by atoms with Crippen molar-refractivity contribution < 1.29 is 24.5 Å². The van der Waals surface area contributed by atoms with Gasteiger partial charge in [-0.25, -0.2) is 0 Å². The Hall–Kier alpha value is -0.690. The first-order chi connectivity index (χ1) is 18.6. The van der Waals surface area contributed by atoms with Crippen molar-refractivity contribution >= 4 is 5.97 Å². The van der Waals surface area contributed by atoms with Gasteiger partial charge in [0.15, 0.2) is 0 Å². The maximum atomic E-state index is 12.8. The van der Waals surface area contributed by atoms with E-state index in [1.807, 2.05) is 0 Å². The molecule has 0 spiro atoms. The van der Waals surface area contributed by atoms with Gasteiger partial charge < -0.3 is 24.6 Å². The molecular formula is C32H65NO5. The summed E-state index contributed by atoms with van der Waals surface area (Å²) >= 11 is 0. The predicted molar refractivity (Wildman–Crippen MR) is 160 cm³/mol. The second-order valence-corrected chi connectivity index (χ2v) is 11.2. The van der Waals surface area contributed by atoms with Crippen LogP contribution in [0.2, 0.25) is 0 Å². The zero-order valence-electron chi connectivity index (χ0n) is 25.6. The number of hydrogen-bond donors (Lipinski definition) is 2. The van der Waals surface area contributed by atoms with Crippen molar-refractivity contribution in [3.05, 3.63) is 0 Å². The number of hydrogen-bond acceptors (Lipinski definition) is 6. The number of carbonyl (C=O) groups is 1. The minimum Gasteiger partial charge on any atom is -0.465 e. The molecule has 0 heterocycles. The normalized spacial score (nSPS) is 13.2. The zero-order valence-corrected chi connectivity index (χ0v) is 25.6. The van der Waals surface area contributed by atoms with Gasteiger partial charge in [-0.2, -0.15) is 0 Å². The fourth-order valence-corrected chi connectivity index (χ4v) is 5.04. The van der Waals surface area contributed by atoms with Gasteiger partial charge in [0, 0.05) is 20.3 Å². The van der Waals surface area contributed by atoms with Gasteiger partial charge in [-0.05, 0) is 51.6 Å². The molecule has 38 heavy (non-hydrogen) atoms. The third-order valence-electron chi connectivity index (χ3n) is 7.51. The summed E-state index contributed by atoms with van der Waals surface area (Å²) in [4.78, 5) is 15.1. The van der Waals surface area contributed by atoms with Gasteiger partial charge >= 0.3 is 5.97 Å². The van der Waals surface area contributed by atoms with E-state index in [4.69, 9.17) is 9.47 Å². The van der Waals surface area contributed by atoms with Gasteiger partial charge in [-0.3, -0.25) is 4.79 Å². The van der Waals surface area contributed by atoms with E-state index in [9.17, 15) is 15.0 Å². The maximum absolute atomic E-state index is 12.8. The van der Waals surface area contributed by atoms with Crippen LogP contribution in [-0.4, -0.2) is 73.8 Å². The number of unbranched alkanes of at least 4 members (excludes halogenated alkanes) is 14. The van der Waals surface area contributed by atoms with Gasteiger partial charge in [0.2, 0.25) is 0 Å². The van der Waals surface area contributed by atoms with E-state index in [2.05, 4.69) is 18.7 Å². The third kappa shape index (κ3) is 24.4. The fraction of sp³-hybridized carbons (Fsp3) is 0.969. The molecule has 0 bridgehead atoms. The molecule has 6 nitrogen and oxygen atoms in total. The smallest absolute Gasteiger partial charge is 0.308 e. The van der Waals surface area contributed by atoms with E-state index in [1.165, 1.54) is 64.2 Å². The molecule has 0 rings (SSSR count). The van der Waals surface area contributed by atoms with Crippen molar-refractivity contribution in [2.24, 2.45) is 5.92 Å². The van der Waals surface area contributed by atoms with E-state index >= 15 is 0 Å². The van der Waals surface area contributed by atoms with Crippen molar-refractivity contribution in [1.29, 1.82) is 0 Å². The Morgan fingerprint density at radius 2 is 1.16 bits per heavy atom. The molecular weight excluding hydrogens is 478 g/mol. The molecule has 0 amide bonds. The molecule has 6 heteroatoms. The summed E-state index contributed by atoms with van der Waals surface area (Å²) in [5, 5.41) is 19.1. The SMILES string of the molecule is CCCCCCCCC(CCCCCC)C(=O)OCCCCCCN(CCCCCCOC)CC(O)CO. The zero-order chi connectivity index (χ0) is 28.1. The molecule has 0 aromatic rings. The van der Waals surface area contributed by atoms with Crippen molar-refractivity contribution in [2.75, 3.05) is 46.6 Å². The Bertz CT molecular complexity index is 490. The first-order valence-corrected chi connectivity index (χ1v) is 16.3. The van der Waals surface area contributed by atoms with Crippen molar-refractivity contribution in [3.8, 4) is 0 Å². The van der Waals surface area contributed by atoms with Crippen molar-refractivity contribution in [2.45, 2.75) is 148 Å². The van der Waals surface area contributed by atoms with Gasteiger partial charge in [-0.1, -0.05) is 104 Å². The lowest BCUT2D eigenvalue weighted by atomic mass is 9.94. The quantitative estimate of drug-likeness (QED) is 0.0731. The second-order valence-electron chi connectivity index (χ2n) is 11.2. The lowest BCUT2D eigenvalue weighted by molar-refractivity contribution is -0.149. The molecule has 0 aromatic carbocycles. The van der Waals surface area contributed by atoms with E-state index in [0.717, 1.165) is 83.9 Å². The van der Waals surface area contributed by atoms with Crippen LogP contribution in [0.3, 0.4) is 0 Å². The van der Waals surface area contributed by atoms with Crippen LogP contribution in [0.1, 0.15) is 142 Å². The van der Waals surface area contributed by atoms with Gasteiger partial charge in [0.1, 0.15) is 0 Å². The summed E-state index contributed by atoms with van der Waals surface area (Å²) < 4.78 is 10.8. The van der Waals surface area contributed by atoms with Crippen LogP contribution in [0.4, 0.5) is 0 Å². The Labute approximate surface area is 236 Å². The monoisotopic (exact) mass is 543 g/mol. The van der Waals surface area contributed by atoms with Crippen LogP contribution in [0.15, 0.2) is 0 Å². The molecule has 0 aromatic heterocycles. The van der Waals surface area contributed by atoms with Crippen molar-refractivity contribution in [3.63, 3.8) is 0 Å². The standard InChI is InChI=1S/C32H65NO5/c1-4-6-8-10-11-17-23-30(22-16-9-7-5-2)32(36)38-27-21-15-13-19-25-33(28-31(35)29-34)24-18-12-14-20-26-37-3/h30-31,34-35H,4-29H2,1-3H3. The van der Waals surface area contributed by atoms with Crippen LogP contribution in [0.25, 0.3) is 0 Å². The van der Waals surface area contributed by atoms with Crippen LogP contribution in [0.5, 0.6) is 0 Å². The minimum absolute atomic E-state index is 0.0322. The van der Waals surface area contributed by atoms with Gasteiger partial charge in [-0.15, -0.1) is 0 Å². The first-order valence-electron chi connectivity index (χ1n) is 16.3. The number of carbonyl (C=O) groups excluding carboxylic acids is 1. The highest BCUT2D eigenvalue weighted by Crippen LogP contribution is 2.20. The highest BCUT2D eigenvalue weighted by Gasteiger charge is 2.19. The molecule has 2 N–H and O–H groups in total. The highest BCUT2D eigenvalue weighted by atomic mass is 16.5. The number of esters is 1. The molecule has 0 fully saturated rings. The summed E-state index contributed by atoms with van der Waals surface area (Å²) in [6.07, 6.45) is 22.4. The Kier molecular flexibility index (Phi) is 28.8. The molecule has 2 unspecified atom stereocenters. The fourth-order valence-electron chi connectivity index (χ4n) is 5.04. The van der Waals surface area contributed by atoms with E-state index < -0.39 is 6.10 Å². The maximum Gasteiger partial charge on any atom is 0.308 e. The summed E-state index contributed by atoms with van der Waals surface area (Å²) in [6, 6.07) is 0. The lowest BCUT2D eigenvalue weighted by Gasteiger charge is -2.24. The van der Waals surface area contributed by atoms with E-state index in [-0.39, 0.29) is 18.5 Å². The van der Waals surface area contributed by atoms with Crippen LogP contribution < -0.4 is 0 Å². The molecule has 0 radical (unpaired) electrons. The molecule has 0 saturated heterocycles.